The van der Waals surface area contributed by atoms with Crippen LogP contribution in [0.4, 0.5) is 0 Å². The molecule has 0 radical (unpaired) electrons. The Labute approximate surface area is 104 Å². The molecule has 0 bridgehead atoms. The van der Waals surface area contributed by atoms with Gasteiger partial charge in [0, 0.05) is 0 Å². The summed E-state index contributed by atoms with van der Waals surface area (Å²) in [6.07, 6.45) is -0.311. The lowest BCUT2D eigenvalue weighted by Crippen LogP contribution is -2.45. The molecular formula is C11H13NO5S. The lowest BCUT2D eigenvalue weighted by molar-refractivity contribution is -0.138. The molecule has 18 heavy (non-hydrogen) atoms. The molecule has 0 amide bonds. The predicted molar refractivity (Wildman–Crippen MR) is 64.1 cm³/mol. The molecule has 0 spiro atoms. The summed E-state index contributed by atoms with van der Waals surface area (Å²) >= 11 is 0. The minimum absolute atomic E-state index is 0.0311. The fraction of sp³-hybridized carbons (Fsp3) is 0.364. The Morgan fingerprint density at radius 2 is 1.89 bits per heavy atom. The molecule has 0 aliphatic carbocycles. The Morgan fingerprint density at radius 1 is 1.33 bits per heavy atom. The van der Waals surface area contributed by atoms with Gasteiger partial charge in [0.05, 0.1) is 11.5 Å². The van der Waals surface area contributed by atoms with Crippen molar-refractivity contribution in [1.29, 1.82) is 0 Å². The molecule has 2 rings (SSSR count). The fourth-order valence-electron chi connectivity index (χ4n) is 1.67. The number of carboxylic acids is 1. The van der Waals surface area contributed by atoms with Gasteiger partial charge in [0.1, 0.15) is 17.9 Å². The minimum Gasteiger partial charge on any atom is -0.488 e. The number of benzene rings is 1. The van der Waals surface area contributed by atoms with Crippen molar-refractivity contribution in [2.45, 2.75) is 12.1 Å². The van der Waals surface area contributed by atoms with Crippen molar-refractivity contribution in [2.75, 3.05) is 11.5 Å². The monoisotopic (exact) mass is 271 g/mol. The van der Waals surface area contributed by atoms with Crippen molar-refractivity contribution >= 4 is 15.8 Å². The summed E-state index contributed by atoms with van der Waals surface area (Å²) in [7, 11) is -2.91. The number of nitrogens with two attached hydrogens (primary N) is 1. The minimum atomic E-state index is -2.91. The average Bonchev–Trinajstić information content (AvgIpc) is 2.26. The number of sulfone groups is 1. The zero-order chi connectivity index (χ0) is 13.3. The van der Waals surface area contributed by atoms with Crippen molar-refractivity contribution in [3.63, 3.8) is 0 Å². The lowest BCUT2D eigenvalue weighted by atomic mass is 10.1. The van der Waals surface area contributed by atoms with Gasteiger partial charge >= 0.3 is 5.97 Å². The summed E-state index contributed by atoms with van der Waals surface area (Å²) < 4.78 is 27.3. The highest BCUT2D eigenvalue weighted by molar-refractivity contribution is 7.92. The van der Waals surface area contributed by atoms with E-state index < -0.39 is 21.8 Å². The molecule has 1 aliphatic rings. The molecule has 0 saturated carbocycles. The molecule has 1 saturated heterocycles. The van der Waals surface area contributed by atoms with Gasteiger partial charge in [0.2, 0.25) is 0 Å². The lowest BCUT2D eigenvalue weighted by Gasteiger charge is -2.26. The van der Waals surface area contributed by atoms with Crippen LogP contribution in [-0.2, 0) is 14.6 Å². The molecule has 98 valence electrons. The number of carboxylic acid groups (broad SMARTS) is 1. The van der Waals surface area contributed by atoms with Crippen LogP contribution >= 0.6 is 0 Å². The largest absolute Gasteiger partial charge is 0.488 e. The van der Waals surface area contributed by atoms with E-state index in [-0.39, 0.29) is 17.6 Å². The molecule has 7 heteroatoms. The second-order valence-corrected chi connectivity index (χ2v) is 6.36. The SMILES string of the molecule is NC(C(=O)O)c1ccc(OC2CS(=O)(=O)C2)cc1. The molecular weight excluding hydrogens is 258 g/mol. The maximum atomic E-state index is 10.9. The van der Waals surface area contributed by atoms with Gasteiger partial charge in [-0.05, 0) is 17.7 Å². The Balaban J connectivity index is 1.98. The molecule has 0 aromatic heterocycles. The van der Waals surface area contributed by atoms with Gasteiger partial charge in [-0.1, -0.05) is 12.1 Å². The van der Waals surface area contributed by atoms with Crippen LogP contribution in [0.25, 0.3) is 0 Å². The van der Waals surface area contributed by atoms with E-state index in [1.165, 1.54) is 0 Å². The molecule has 1 unspecified atom stereocenters. The van der Waals surface area contributed by atoms with Crippen LogP contribution in [-0.4, -0.2) is 37.1 Å². The maximum absolute atomic E-state index is 10.9. The number of ether oxygens (including phenoxy) is 1. The Kier molecular flexibility index (Phi) is 3.27. The van der Waals surface area contributed by atoms with Crippen molar-refractivity contribution in [3.05, 3.63) is 29.8 Å². The van der Waals surface area contributed by atoms with Crippen molar-refractivity contribution < 1.29 is 23.1 Å². The Bertz CT molecular complexity index is 539. The first-order valence-electron chi connectivity index (χ1n) is 5.33. The van der Waals surface area contributed by atoms with Crippen LogP contribution in [0.2, 0.25) is 0 Å². The molecule has 1 aromatic carbocycles. The van der Waals surface area contributed by atoms with Gasteiger partial charge in [-0.15, -0.1) is 0 Å². The summed E-state index contributed by atoms with van der Waals surface area (Å²) in [5, 5.41) is 8.73. The first kappa shape index (κ1) is 12.8. The molecule has 1 fully saturated rings. The van der Waals surface area contributed by atoms with Crippen LogP contribution in [0, 0.1) is 0 Å². The zero-order valence-corrected chi connectivity index (χ0v) is 10.3. The summed E-state index contributed by atoms with van der Waals surface area (Å²) in [6.45, 7) is 0. The molecule has 1 aliphatic heterocycles. The molecule has 1 atom stereocenters. The summed E-state index contributed by atoms with van der Waals surface area (Å²) in [4.78, 5) is 10.7. The standard InChI is InChI=1S/C11H13NO5S/c12-10(11(13)14)7-1-3-8(4-2-7)17-9-5-18(15,16)6-9/h1-4,9-10H,5-6,12H2,(H,13,14). The van der Waals surface area contributed by atoms with E-state index in [1.807, 2.05) is 0 Å². The summed E-state index contributed by atoms with van der Waals surface area (Å²) in [5.41, 5.74) is 5.91. The highest BCUT2D eigenvalue weighted by Gasteiger charge is 2.35. The average molecular weight is 271 g/mol. The number of hydrogen-bond donors (Lipinski definition) is 2. The maximum Gasteiger partial charge on any atom is 0.325 e. The summed E-state index contributed by atoms with van der Waals surface area (Å²) in [6, 6.07) is 5.22. The van der Waals surface area contributed by atoms with E-state index in [9.17, 15) is 13.2 Å². The van der Waals surface area contributed by atoms with Gasteiger partial charge in [-0.2, -0.15) is 0 Å². The van der Waals surface area contributed by atoms with E-state index >= 15 is 0 Å². The number of hydrogen-bond acceptors (Lipinski definition) is 5. The van der Waals surface area contributed by atoms with E-state index in [4.69, 9.17) is 15.6 Å². The first-order chi connectivity index (χ1) is 8.37. The van der Waals surface area contributed by atoms with Crippen molar-refractivity contribution in [2.24, 2.45) is 5.73 Å². The van der Waals surface area contributed by atoms with Gasteiger partial charge in [-0.3, -0.25) is 4.79 Å². The van der Waals surface area contributed by atoms with Crippen LogP contribution in [0.15, 0.2) is 24.3 Å². The highest BCUT2D eigenvalue weighted by atomic mass is 32.2. The Morgan fingerprint density at radius 3 is 2.33 bits per heavy atom. The molecule has 6 nitrogen and oxygen atoms in total. The van der Waals surface area contributed by atoms with Gasteiger partial charge < -0.3 is 15.6 Å². The van der Waals surface area contributed by atoms with Crippen LogP contribution in [0.3, 0.4) is 0 Å². The van der Waals surface area contributed by atoms with Gasteiger partial charge in [0.15, 0.2) is 9.84 Å². The molecule has 1 heterocycles. The molecule has 1 aromatic rings. The second-order valence-electron chi connectivity index (χ2n) is 4.20. The number of aliphatic carboxylic acids is 1. The predicted octanol–water partition coefficient (Wildman–Crippen LogP) is -0.0532. The van der Waals surface area contributed by atoms with Gasteiger partial charge in [0.25, 0.3) is 0 Å². The van der Waals surface area contributed by atoms with Crippen LogP contribution in [0.1, 0.15) is 11.6 Å². The summed E-state index contributed by atoms with van der Waals surface area (Å²) in [5.74, 6) is -0.530. The quantitative estimate of drug-likeness (QED) is 0.795. The number of carbonyl (C=O) groups is 1. The van der Waals surface area contributed by atoms with Crippen LogP contribution < -0.4 is 10.5 Å². The van der Waals surface area contributed by atoms with E-state index in [0.717, 1.165) is 0 Å². The first-order valence-corrected chi connectivity index (χ1v) is 7.15. The molecule has 3 N–H and O–H groups in total. The third-order valence-electron chi connectivity index (χ3n) is 2.69. The topological polar surface area (TPSA) is 107 Å². The number of rotatable bonds is 4. The second kappa shape index (κ2) is 4.58. The zero-order valence-electron chi connectivity index (χ0n) is 9.44. The fourth-order valence-corrected chi connectivity index (χ4v) is 2.85. The normalized spacial score (nSPS) is 19.8. The van der Waals surface area contributed by atoms with E-state index in [0.29, 0.717) is 11.3 Å². The van der Waals surface area contributed by atoms with Gasteiger partial charge in [-0.25, -0.2) is 8.42 Å². The van der Waals surface area contributed by atoms with E-state index in [2.05, 4.69) is 0 Å². The van der Waals surface area contributed by atoms with E-state index in [1.54, 1.807) is 24.3 Å². The highest BCUT2D eigenvalue weighted by Crippen LogP contribution is 2.21. The van der Waals surface area contributed by atoms with Crippen LogP contribution in [0.5, 0.6) is 5.75 Å². The van der Waals surface area contributed by atoms with Crippen molar-refractivity contribution in [3.8, 4) is 5.75 Å². The Hall–Kier alpha value is -1.60. The smallest absolute Gasteiger partial charge is 0.325 e. The van der Waals surface area contributed by atoms with Crippen molar-refractivity contribution in [1.82, 2.24) is 0 Å². The third kappa shape index (κ3) is 2.80. The third-order valence-corrected chi connectivity index (χ3v) is 4.45.